The molecule has 1 aromatic carbocycles. The van der Waals surface area contributed by atoms with E-state index >= 15 is 0 Å². The third-order valence-electron chi connectivity index (χ3n) is 2.48. The van der Waals surface area contributed by atoms with Crippen LogP contribution in [0.1, 0.15) is 5.56 Å². The summed E-state index contributed by atoms with van der Waals surface area (Å²) in [5.74, 6) is 0.664. The smallest absolute Gasteiger partial charge is 0.331 e. The van der Waals surface area contributed by atoms with E-state index in [2.05, 4.69) is 20.3 Å². The van der Waals surface area contributed by atoms with Crippen molar-refractivity contribution in [3.63, 3.8) is 0 Å². The molecule has 106 valence electrons. The van der Waals surface area contributed by atoms with Crippen molar-refractivity contribution in [2.45, 2.75) is 6.54 Å². The van der Waals surface area contributed by atoms with Gasteiger partial charge in [-0.05, 0) is 13.1 Å². The van der Waals surface area contributed by atoms with Gasteiger partial charge >= 0.3 is 18.0 Å². The van der Waals surface area contributed by atoms with E-state index in [0.29, 0.717) is 12.3 Å². The lowest BCUT2D eigenvalue weighted by Gasteiger charge is -2.10. The standard InChI is InChI=1S/C13H16N4O3/c1-14-8-9-6-4-5-7-10(9)20-13-16-11(18-2)15-12(17-13)19-3/h4-7,14H,8H2,1-3H3. The Balaban J connectivity index is 2.29. The van der Waals surface area contributed by atoms with Crippen molar-refractivity contribution >= 4 is 0 Å². The molecule has 0 aliphatic heterocycles. The molecular weight excluding hydrogens is 260 g/mol. The van der Waals surface area contributed by atoms with Crippen LogP contribution in [0.4, 0.5) is 0 Å². The fourth-order valence-corrected chi connectivity index (χ4v) is 1.59. The van der Waals surface area contributed by atoms with E-state index in [1.807, 2.05) is 31.3 Å². The van der Waals surface area contributed by atoms with Crippen LogP contribution in [0.15, 0.2) is 24.3 Å². The van der Waals surface area contributed by atoms with Crippen LogP contribution in [0.5, 0.6) is 23.8 Å². The van der Waals surface area contributed by atoms with E-state index in [0.717, 1.165) is 5.56 Å². The van der Waals surface area contributed by atoms with Gasteiger partial charge in [0.1, 0.15) is 5.75 Å². The van der Waals surface area contributed by atoms with Crippen LogP contribution in [0.25, 0.3) is 0 Å². The van der Waals surface area contributed by atoms with E-state index in [4.69, 9.17) is 14.2 Å². The normalized spacial score (nSPS) is 10.2. The van der Waals surface area contributed by atoms with E-state index in [1.54, 1.807) is 0 Å². The zero-order valence-corrected chi connectivity index (χ0v) is 11.6. The molecule has 0 saturated carbocycles. The number of ether oxygens (including phenoxy) is 3. The summed E-state index contributed by atoms with van der Waals surface area (Å²) in [5.41, 5.74) is 0.994. The fraction of sp³-hybridized carbons (Fsp3) is 0.308. The summed E-state index contributed by atoms with van der Waals surface area (Å²) in [6.07, 6.45) is 0. The van der Waals surface area contributed by atoms with E-state index in [-0.39, 0.29) is 18.0 Å². The number of aromatic nitrogens is 3. The molecule has 0 bridgehead atoms. The molecule has 7 nitrogen and oxygen atoms in total. The maximum Gasteiger partial charge on any atom is 0.331 e. The first-order chi connectivity index (χ1) is 9.76. The molecule has 20 heavy (non-hydrogen) atoms. The largest absolute Gasteiger partial charge is 0.467 e. The number of benzene rings is 1. The minimum Gasteiger partial charge on any atom is -0.467 e. The summed E-state index contributed by atoms with van der Waals surface area (Å²) in [7, 11) is 4.80. The second kappa shape index (κ2) is 6.67. The van der Waals surface area contributed by atoms with Gasteiger partial charge in [-0.25, -0.2) is 0 Å². The van der Waals surface area contributed by atoms with Crippen LogP contribution in [-0.2, 0) is 6.54 Å². The molecule has 0 fully saturated rings. The third kappa shape index (κ3) is 3.33. The van der Waals surface area contributed by atoms with Gasteiger partial charge in [0.05, 0.1) is 14.2 Å². The Bertz CT molecular complexity index is 555. The molecule has 0 saturated heterocycles. The summed E-state index contributed by atoms with van der Waals surface area (Å²) in [5, 5.41) is 3.07. The van der Waals surface area contributed by atoms with Gasteiger partial charge in [0, 0.05) is 12.1 Å². The van der Waals surface area contributed by atoms with Crippen molar-refractivity contribution in [3.05, 3.63) is 29.8 Å². The van der Waals surface area contributed by atoms with Gasteiger partial charge in [0.15, 0.2) is 0 Å². The second-order valence-electron chi connectivity index (χ2n) is 3.83. The van der Waals surface area contributed by atoms with Crippen LogP contribution < -0.4 is 19.5 Å². The summed E-state index contributed by atoms with van der Waals surface area (Å²) in [6, 6.07) is 8.02. The zero-order chi connectivity index (χ0) is 14.4. The molecular formula is C13H16N4O3. The number of methoxy groups -OCH3 is 2. The minimum absolute atomic E-state index is 0.122. The quantitative estimate of drug-likeness (QED) is 0.854. The van der Waals surface area contributed by atoms with Gasteiger partial charge in [-0.1, -0.05) is 18.2 Å². The lowest BCUT2D eigenvalue weighted by Crippen LogP contribution is -2.07. The molecule has 7 heteroatoms. The Hall–Kier alpha value is -2.41. The van der Waals surface area contributed by atoms with Crippen molar-refractivity contribution in [3.8, 4) is 23.8 Å². The molecule has 2 rings (SSSR count). The number of nitrogens with zero attached hydrogens (tertiary/aromatic N) is 3. The number of hydrogen-bond acceptors (Lipinski definition) is 7. The Morgan fingerprint density at radius 3 is 2.15 bits per heavy atom. The highest BCUT2D eigenvalue weighted by Crippen LogP contribution is 2.24. The molecule has 0 atom stereocenters. The van der Waals surface area contributed by atoms with Crippen molar-refractivity contribution < 1.29 is 14.2 Å². The first kappa shape index (κ1) is 14.0. The number of para-hydroxylation sites is 1. The van der Waals surface area contributed by atoms with Crippen molar-refractivity contribution in [2.24, 2.45) is 0 Å². The average Bonchev–Trinajstić information content (AvgIpc) is 2.49. The molecule has 2 aromatic rings. The van der Waals surface area contributed by atoms with Crippen LogP contribution in [0.2, 0.25) is 0 Å². The molecule has 0 amide bonds. The van der Waals surface area contributed by atoms with Gasteiger partial charge in [0.2, 0.25) is 0 Å². The first-order valence-electron chi connectivity index (χ1n) is 6.01. The van der Waals surface area contributed by atoms with Crippen molar-refractivity contribution in [2.75, 3.05) is 21.3 Å². The van der Waals surface area contributed by atoms with E-state index < -0.39 is 0 Å². The highest BCUT2D eigenvalue weighted by molar-refractivity contribution is 5.35. The fourth-order valence-electron chi connectivity index (χ4n) is 1.59. The Labute approximate surface area is 116 Å². The minimum atomic E-state index is 0.122. The van der Waals surface area contributed by atoms with Gasteiger partial charge in [-0.2, -0.15) is 0 Å². The SMILES string of the molecule is CNCc1ccccc1Oc1nc(OC)nc(OC)n1. The molecule has 1 heterocycles. The lowest BCUT2D eigenvalue weighted by atomic mass is 10.2. The Morgan fingerprint density at radius 1 is 0.950 bits per heavy atom. The highest BCUT2D eigenvalue weighted by atomic mass is 16.5. The van der Waals surface area contributed by atoms with Crippen LogP contribution in [0.3, 0.4) is 0 Å². The van der Waals surface area contributed by atoms with Crippen molar-refractivity contribution in [1.82, 2.24) is 20.3 Å². The predicted octanol–water partition coefficient (Wildman–Crippen LogP) is 1.40. The van der Waals surface area contributed by atoms with Gasteiger partial charge in [-0.3, -0.25) is 0 Å². The average molecular weight is 276 g/mol. The number of hydrogen-bond donors (Lipinski definition) is 1. The first-order valence-corrected chi connectivity index (χ1v) is 6.01. The third-order valence-corrected chi connectivity index (χ3v) is 2.48. The molecule has 0 radical (unpaired) electrons. The van der Waals surface area contributed by atoms with Crippen LogP contribution in [-0.4, -0.2) is 36.2 Å². The Kier molecular flexibility index (Phi) is 4.67. The highest BCUT2D eigenvalue weighted by Gasteiger charge is 2.11. The topological polar surface area (TPSA) is 78.4 Å². The van der Waals surface area contributed by atoms with Crippen LogP contribution >= 0.6 is 0 Å². The summed E-state index contributed by atoms with van der Waals surface area (Å²) < 4.78 is 15.6. The van der Waals surface area contributed by atoms with E-state index in [1.165, 1.54) is 14.2 Å². The maximum absolute atomic E-state index is 5.68. The number of nitrogens with one attached hydrogen (secondary N) is 1. The molecule has 0 aliphatic carbocycles. The maximum atomic E-state index is 5.68. The summed E-state index contributed by atoms with van der Waals surface area (Å²) >= 11 is 0. The molecule has 0 unspecified atom stereocenters. The molecule has 0 spiro atoms. The van der Waals surface area contributed by atoms with Gasteiger partial charge < -0.3 is 19.5 Å². The van der Waals surface area contributed by atoms with E-state index in [9.17, 15) is 0 Å². The lowest BCUT2D eigenvalue weighted by molar-refractivity contribution is 0.319. The second-order valence-corrected chi connectivity index (χ2v) is 3.83. The summed E-state index contributed by atoms with van der Waals surface area (Å²) in [4.78, 5) is 12.0. The Morgan fingerprint density at radius 2 is 1.55 bits per heavy atom. The monoisotopic (exact) mass is 276 g/mol. The molecule has 1 N–H and O–H groups in total. The van der Waals surface area contributed by atoms with Crippen LogP contribution in [0, 0.1) is 0 Å². The zero-order valence-electron chi connectivity index (χ0n) is 11.6. The molecule has 1 aromatic heterocycles. The van der Waals surface area contributed by atoms with Gasteiger partial charge in [0.25, 0.3) is 0 Å². The van der Waals surface area contributed by atoms with Gasteiger partial charge in [-0.15, -0.1) is 15.0 Å². The summed E-state index contributed by atoms with van der Waals surface area (Å²) in [6.45, 7) is 0.676. The van der Waals surface area contributed by atoms with Crippen molar-refractivity contribution in [1.29, 1.82) is 0 Å². The molecule has 0 aliphatic rings. The predicted molar refractivity (Wildman–Crippen MR) is 72.2 cm³/mol. The number of rotatable bonds is 6.